The van der Waals surface area contributed by atoms with Gasteiger partial charge in [-0.3, -0.25) is 19.2 Å². The molecule has 2 spiro atoms. The lowest BCUT2D eigenvalue weighted by Crippen LogP contribution is -2.50. The molecule has 7 saturated heterocycles. The summed E-state index contributed by atoms with van der Waals surface area (Å²) in [6, 6.07) is 15.0. The number of hydrogen-bond donors (Lipinski definition) is 6. The van der Waals surface area contributed by atoms with Gasteiger partial charge in [-0.05, 0) is 210 Å². The molecule has 26 nitrogen and oxygen atoms in total. The Morgan fingerprint density at radius 2 is 0.831 bits per heavy atom. The van der Waals surface area contributed by atoms with Gasteiger partial charge in [-0.1, -0.05) is 99.3 Å². The molecule has 29 heteroatoms. The number of nitrogens with one attached hydrogen (secondary N) is 2. The van der Waals surface area contributed by atoms with Crippen LogP contribution in [0, 0.1) is 35.2 Å². The third kappa shape index (κ3) is 34.3. The molecule has 0 saturated carbocycles. The van der Waals surface area contributed by atoms with Crippen LogP contribution in [-0.2, 0) is 80.8 Å². The van der Waals surface area contributed by atoms with E-state index in [0.29, 0.717) is 50.4 Å². The Labute approximate surface area is 726 Å². The van der Waals surface area contributed by atoms with Gasteiger partial charge in [0.2, 0.25) is 11.8 Å². The van der Waals surface area contributed by atoms with Crippen molar-refractivity contribution >= 4 is 47.6 Å². The Morgan fingerprint density at radius 3 is 1.17 bits per heavy atom. The number of carboxylic acid groups (broad SMARTS) is 1. The topological polar surface area (TPSA) is 365 Å². The summed E-state index contributed by atoms with van der Waals surface area (Å²) in [5.74, 6) is -4.48. The van der Waals surface area contributed by atoms with Crippen molar-refractivity contribution < 1.29 is 124 Å². The first-order chi connectivity index (χ1) is 58.7. The normalized spacial score (nSPS) is 29.7. The highest BCUT2D eigenvalue weighted by atomic mass is 19.1. The van der Waals surface area contributed by atoms with Gasteiger partial charge in [-0.25, -0.2) is 32.3 Å². The summed E-state index contributed by atoms with van der Waals surface area (Å²) in [4.78, 5) is 93.8. The lowest BCUT2D eigenvalue weighted by Gasteiger charge is -2.39. The number of halogens is 3. The molecule has 7 heterocycles. The Hall–Kier alpha value is -9.79. The zero-order valence-electron chi connectivity index (χ0n) is 73.5. The number of carbonyl (C=O) groups excluding carboxylic acids is 7. The summed E-state index contributed by atoms with van der Waals surface area (Å²) in [7, 11) is 2.68. The SMILES string of the molecule is C=C/C(C)=C/C[C@@H]1O[C@H](C)[C@H](N)C[C@@H]1C.C=C/C(C)=C/C[C@@H]1O[C@H](C)[C@H](NC(=O)/C=C\C(C)OC(=O)c2ccc(F)cc2)C[C@@H]1C.C=C[C@H]1O[C@H](CC(=O)OC)C[C@@]2(CO2)[C@@H]1O.CC(/C=C\C(=O)O)OC(=O)c1ccc(F)cc1.COC(=O)C[C@@H]1C[C@@]2(CO2)[C@H](O)[C@@H](/C=C/C(C)=C/C[C@@H]2O[C@H](C)[C@H](NC(=O)/C=C\C(C)OC(=O)c3ccc(F)cc3)C[C@@H]2C)O1. The second-order valence-electron chi connectivity index (χ2n) is 32.5. The Kier molecular flexibility index (Phi) is 41.8. The van der Waals surface area contributed by atoms with Crippen LogP contribution >= 0.6 is 0 Å². The van der Waals surface area contributed by atoms with E-state index in [2.05, 4.69) is 88.0 Å². The van der Waals surface area contributed by atoms with E-state index in [1.165, 1.54) is 124 Å². The molecule has 3 aromatic rings. The van der Waals surface area contributed by atoms with Crippen LogP contribution in [0.15, 0.2) is 194 Å². The highest BCUT2D eigenvalue weighted by Crippen LogP contribution is 2.45. The fourth-order valence-corrected chi connectivity index (χ4v) is 14.3. The van der Waals surface area contributed by atoms with Crippen LogP contribution < -0.4 is 16.4 Å². The number of carboxylic acids is 1. The predicted octanol–water partition coefficient (Wildman–Crippen LogP) is 13.4. The van der Waals surface area contributed by atoms with E-state index in [1.54, 1.807) is 19.9 Å². The van der Waals surface area contributed by atoms with Crippen LogP contribution in [0.1, 0.15) is 178 Å². The number of aliphatic hydroxyl groups is 2. The third-order valence-corrected chi connectivity index (χ3v) is 22.3. The molecule has 3 unspecified atom stereocenters. The number of esters is 5. The zero-order chi connectivity index (χ0) is 91.7. The van der Waals surface area contributed by atoms with Crippen LogP contribution in [0.5, 0.6) is 0 Å². The summed E-state index contributed by atoms with van der Waals surface area (Å²) < 4.78 is 104. The standard InChI is InChI=1S/C34H44FNO9.C25H32FNO4.C13H23NO.C12H11FO4.C11H16O5/c1-20(7-14-29-32(39)34(19-42-34)18-26(45-29)17-31(38)41-5)6-13-28-21(2)16-27(23(4)44-28)36-30(37)15-8-22(3)43-33(40)24-9-11-25(35)12-10-24;1-6-16(2)7-13-23-17(3)15-22(19(5)31-23)27-24(28)14-8-18(4)30-25(29)20-9-11-21(26)12-10-20;1-5-9(2)6-7-13-10(3)8-12(14)11(4)15-13;1-8(2-7-11(14)15)17-12(16)9-3-5-10(13)6-4-9;1-3-8-10(13)11(6-15-11)5-7(16-8)4-9(12)14-2/h6-12,14-15,21-23,26-29,32,39H,13,16-19H2,1-5H3,(H,36,37);6-12,14,17-19,22-23H,1,13,15H2,2-5H3,(H,27,28);5-6,10-13H,1,7-8,14H2,2-4H3;2-8H,1H3,(H,14,15);3,7-8,10,13H,1,4-6H2,2H3/b14-7+,15-8-,20-6+;14-8-,16-7+;9-6+;7-2-;/t21-,22?,23+,26+,27+,28-,29+,32+,34+;17-,18?,19+,22+,23-;10-,11+,12+,13-;;7-,8-,10-,11-/m000.1/s1. The van der Waals surface area contributed by atoms with Gasteiger partial charge in [0.05, 0.1) is 118 Å². The number of allylic oxidation sites excluding steroid dienone is 6. The van der Waals surface area contributed by atoms with Gasteiger partial charge in [0.25, 0.3) is 0 Å². The largest absolute Gasteiger partial charge is 0.478 e. The minimum absolute atomic E-state index is 0.0398. The smallest absolute Gasteiger partial charge is 0.338 e. The van der Waals surface area contributed by atoms with Gasteiger partial charge in [0, 0.05) is 37.1 Å². The molecule has 3 aromatic carbocycles. The van der Waals surface area contributed by atoms with Crippen LogP contribution in [0.3, 0.4) is 0 Å². The molecule has 7 aliphatic heterocycles. The first-order valence-corrected chi connectivity index (χ1v) is 41.9. The quantitative estimate of drug-likeness (QED) is 0.00939. The zero-order valence-corrected chi connectivity index (χ0v) is 73.5. The Morgan fingerprint density at radius 1 is 0.500 bits per heavy atom. The summed E-state index contributed by atoms with van der Waals surface area (Å²) in [6.07, 6.45) is 24.6. The minimum atomic E-state index is -1.12. The molecule has 7 aliphatic rings. The number of carbonyl (C=O) groups is 8. The summed E-state index contributed by atoms with van der Waals surface area (Å²) in [5.41, 5.74) is 8.76. The van der Waals surface area contributed by atoms with Crippen molar-refractivity contribution in [2.45, 2.75) is 268 Å². The predicted molar refractivity (Wildman–Crippen MR) is 459 cm³/mol. The average Bonchev–Trinajstić information content (AvgIpc) is 1.60. The van der Waals surface area contributed by atoms with Gasteiger partial charge in [0.1, 0.15) is 71.4 Å². The van der Waals surface area contributed by atoms with Crippen molar-refractivity contribution in [2.75, 3.05) is 27.4 Å². The number of epoxide rings is 2. The molecular weight excluding hydrogens is 1610 g/mol. The maximum Gasteiger partial charge on any atom is 0.338 e. The van der Waals surface area contributed by atoms with Crippen molar-refractivity contribution in [3.63, 3.8) is 0 Å². The maximum atomic E-state index is 13.1. The monoisotopic (exact) mass is 1730 g/mol. The number of aliphatic carboxylic acids is 1. The van der Waals surface area contributed by atoms with Crippen molar-refractivity contribution in [2.24, 2.45) is 23.5 Å². The first-order valence-electron chi connectivity index (χ1n) is 41.9. The van der Waals surface area contributed by atoms with Gasteiger partial charge in [-0.2, -0.15) is 0 Å². The molecule has 10 rings (SSSR count). The van der Waals surface area contributed by atoms with E-state index >= 15 is 0 Å². The van der Waals surface area contributed by atoms with Gasteiger partial charge in [0.15, 0.2) is 0 Å². The van der Waals surface area contributed by atoms with Crippen molar-refractivity contribution in [1.82, 2.24) is 10.6 Å². The highest BCUT2D eigenvalue weighted by molar-refractivity contribution is 5.91. The summed E-state index contributed by atoms with van der Waals surface area (Å²) >= 11 is 0. The molecule has 124 heavy (non-hydrogen) atoms. The molecular formula is C95H126F3N3O23. The van der Waals surface area contributed by atoms with Gasteiger partial charge in [-0.15, -0.1) is 6.58 Å². The van der Waals surface area contributed by atoms with Crippen molar-refractivity contribution in [3.8, 4) is 0 Å². The van der Waals surface area contributed by atoms with Gasteiger partial charge < -0.3 is 88.5 Å². The molecule has 680 valence electrons. The Bertz CT molecular complexity index is 4250. The second kappa shape index (κ2) is 50.4. The molecule has 0 aliphatic carbocycles. The fourth-order valence-electron chi connectivity index (χ4n) is 14.3. The van der Waals surface area contributed by atoms with E-state index in [0.717, 1.165) is 61.5 Å². The molecule has 0 radical (unpaired) electrons. The molecule has 7 fully saturated rings. The van der Waals surface area contributed by atoms with E-state index in [1.807, 2.05) is 45.9 Å². The molecule has 2 amide bonds. The second-order valence-corrected chi connectivity index (χ2v) is 32.5. The minimum Gasteiger partial charge on any atom is -0.478 e. The van der Waals surface area contributed by atoms with E-state index in [-0.39, 0.29) is 114 Å². The summed E-state index contributed by atoms with van der Waals surface area (Å²) in [6.45, 7) is 35.3. The molecule has 0 aromatic heterocycles. The summed E-state index contributed by atoms with van der Waals surface area (Å²) in [5, 5.41) is 35.1. The van der Waals surface area contributed by atoms with E-state index in [4.69, 9.17) is 62.9 Å². The lowest BCUT2D eigenvalue weighted by molar-refractivity contribution is -0.158. The van der Waals surface area contributed by atoms with Crippen LogP contribution in [0.25, 0.3) is 0 Å². The number of methoxy groups -OCH3 is 2. The molecule has 0 bridgehead atoms. The van der Waals surface area contributed by atoms with Crippen LogP contribution in [0.2, 0.25) is 0 Å². The Balaban J connectivity index is 0.000000259. The number of rotatable bonds is 29. The van der Waals surface area contributed by atoms with Crippen LogP contribution in [0.4, 0.5) is 13.2 Å². The third-order valence-electron chi connectivity index (χ3n) is 22.3. The van der Waals surface area contributed by atoms with Crippen LogP contribution in [-0.4, -0.2) is 211 Å². The van der Waals surface area contributed by atoms with Crippen molar-refractivity contribution in [1.29, 1.82) is 0 Å². The average molecular weight is 1740 g/mol. The number of nitrogens with two attached hydrogens (primary N) is 1. The number of aliphatic hydroxyl groups excluding tert-OH is 2. The van der Waals surface area contributed by atoms with Crippen molar-refractivity contribution in [3.05, 3.63) is 228 Å². The van der Waals surface area contributed by atoms with Gasteiger partial charge >= 0.3 is 35.8 Å². The number of benzene rings is 3. The molecule has 23 atom stereocenters. The fraction of sp³-hybridized carbons (Fsp3) is 0.516. The number of hydrogen-bond acceptors (Lipinski definition) is 23. The van der Waals surface area contributed by atoms with E-state index < -0.39 is 101 Å². The highest BCUT2D eigenvalue weighted by Gasteiger charge is 2.59. The first kappa shape index (κ1) is 103. The molecule has 7 N–H and O–H groups in total. The number of amides is 2. The van der Waals surface area contributed by atoms with E-state index in [9.17, 15) is 61.7 Å². The lowest BCUT2D eigenvalue weighted by atomic mass is 9.87. The maximum absolute atomic E-state index is 13.1. The number of ether oxygens (including phenoxy) is 12.